The summed E-state index contributed by atoms with van der Waals surface area (Å²) < 4.78 is 7.05. The van der Waals surface area contributed by atoms with Gasteiger partial charge in [-0.25, -0.2) is 4.79 Å². The largest absolute Gasteiger partial charge is 0.326 e. The maximum atomic E-state index is 12.7. The van der Waals surface area contributed by atoms with Crippen molar-refractivity contribution in [3.63, 3.8) is 0 Å². The molecule has 1 aromatic heterocycles. The Hall–Kier alpha value is -3.72. The first kappa shape index (κ1) is 24.0. The molecular formula is C27H33N6O3+. The van der Waals surface area contributed by atoms with Crippen molar-refractivity contribution in [2.24, 2.45) is 0 Å². The average Bonchev–Trinajstić information content (AvgIpc) is 3.62. The molecule has 1 unspecified atom stereocenters. The number of rotatable bonds is 8. The van der Waals surface area contributed by atoms with Crippen LogP contribution >= 0.6 is 0 Å². The molecule has 1 atom stereocenters. The van der Waals surface area contributed by atoms with Gasteiger partial charge in [-0.1, -0.05) is 36.8 Å². The third kappa shape index (κ3) is 6.48. The molecule has 2 aliphatic rings. The molecule has 2 aromatic carbocycles. The highest BCUT2D eigenvalue weighted by atomic mass is 16.5. The first-order valence-corrected chi connectivity index (χ1v) is 12.7. The van der Waals surface area contributed by atoms with Gasteiger partial charge in [-0.3, -0.25) is 19.5 Å². The van der Waals surface area contributed by atoms with E-state index in [-0.39, 0.29) is 11.8 Å². The Balaban J connectivity index is 1.20. The van der Waals surface area contributed by atoms with E-state index in [1.807, 2.05) is 42.5 Å². The van der Waals surface area contributed by atoms with Crippen molar-refractivity contribution in [2.45, 2.75) is 57.0 Å². The number of piperidine rings is 1. The van der Waals surface area contributed by atoms with Gasteiger partial charge in [-0.2, -0.15) is 0 Å². The molecule has 9 heteroatoms. The molecule has 3 N–H and O–H groups in total. The SMILES string of the molecule is CN1CCCCC1C[n+]1cc(NC(=O)Nc2cc(NC(=O)Cc3ccccc3)cc(C3CC3)c2)on1. The fraction of sp³-hybridized carbons (Fsp3) is 0.407. The zero-order valence-electron chi connectivity index (χ0n) is 20.6. The highest BCUT2D eigenvalue weighted by molar-refractivity contribution is 6.00. The minimum absolute atomic E-state index is 0.0978. The van der Waals surface area contributed by atoms with Crippen molar-refractivity contribution < 1.29 is 18.8 Å². The Morgan fingerprint density at radius 3 is 2.56 bits per heavy atom. The zero-order valence-corrected chi connectivity index (χ0v) is 20.6. The van der Waals surface area contributed by atoms with Crippen LogP contribution in [0.1, 0.15) is 49.1 Å². The Morgan fingerprint density at radius 1 is 1.03 bits per heavy atom. The number of aromatic nitrogens is 2. The Morgan fingerprint density at radius 2 is 1.81 bits per heavy atom. The van der Waals surface area contributed by atoms with Crippen LogP contribution in [0.5, 0.6) is 0 Å². The first-order valence-electron chi connectivity index (χ1n) is 12.7. The number of carbonyl (C=O) groups excluding carboxylic acids is 2. The van der Waals surface area contributed by atoms with Gasteiger partial charge in [0.2, 0.25) is 11.2 Å². The van der Waals surface area contributed by atoms with E-state index < -0.39 is 6.03 Å². The molecule has 2 heterocycles. The second-order valence-electron chi connectivity index (χ2n) is 9.83. The normalized spacial score (nSPS) is 18.0. The Kier molecular flexibility index (Phi) is 7.27. The third-order valence-electron chi connectivity index (χ3n) is 6.82. The molecular weight excluding hydrogens is 456 g/mol. The molecule has 1 saturated heterocycles. The summed E-state index contributed by atoms with van der Waals surface area (Å²) in [5.74, 6) is 0.644. The van der Waals surface area contributed by atoms with Gasteiger partial charge in [0.1, 0.15) is 0 Å². The van der Waals surface area contributed by atoms with E-state index in [9.17, 15) is 9.59 Å². The van der Waals surface area contributed by atoms with Crippen molar-refractivity contribution >= 4 is 29.2 Å². The molecule has 3 aromatic rings. The van der Waals surface area contributed by atoms with E-state index >= 15 is 0 Å². The number of anilines is 3. The van der Waals surface area contributed by atoms with Crippen molar-refractivity contribution in [2.75, 3.05) is 29.5 Å². The maximum absolute atomic E-state index is 12.7. The van der Waals surface area contributed by atoms with E-state index in [1.54, 1.807) is 16.9 Å². The van der Waals surface area contributed by atoms with Gasteiger partial charge >= 0.3 is 11.9 Å². The van der Waals surface area contributed by atoms with Crippen LogP contribution in [-0.2, 0) is 17.8 Å². The summed E-state index contributed by atoms with van der Waals surface area (Å²) in [4.78, 5) is 27.6. The second-order valence-corrected chi connectivity index (χ2v) is 9.83. The molecule has 0 radical (unpaired) electrons. The Bertz CT molecular complexity index is 1210. The van der Waals surface area contributed by atoms with Crippen molar-refractivity contribution in [3.8, 4) is 0 Å². The third-order valence-corrected chi connectivity index (χ3v) is 6.82. The number of benzene rings is 2. The van der Waals surface area contributed by atoms with E-state index in [4.69, 9.17) is 4.52 Å². The number of likely N-dealkylation sites (tertiary alicyclic amines) is 1. The van der Waals surface area contributed by atoms with Gasteiger partial charge in [-0.05, 0) is 79.2 Å². The zero-order chi connectivity index (χ0) is 24.9. The lowest BCUT2D eigenvalue weighted by Crippen LogP contribution is -2.49. The van der Waals surface area contributed by atoms with Gasteiger partial charge in [0.25, 0.3) is 6.20 Å². The molecule has 1 aliphatic heterocycles. The highest BCUT2D eigenvalue weighted by Gasteiger charge is 2.26. The molecule has 5 rings (SSSR count). The van der Waals surface area contributed by atoms with Crippen molar-refractivity contribution in [1.82, 2.24) is 10.2 Å². The van der Waals surface area contributed by atoms with E-state index in [2.05, 4.69) is 33.2 Å². The number of hydrogen-bond donors (Lipinski definition) is 3. The lowest BCUT2D eigenvalue weighted by molar-refractivity contribution is -0.765. The van der Waals surface area contributed by atoms with Crippen LogP contribution in [0.25, 0.3) is 0 Å². The number of urea groups is 1. The summed E-state index contributed by atoms with van der Waals surface area (Å²) in [5.41, 5.74) is 3.34. The molecule has 0 spiro atoms. The van der Waals surface area contributed by atoms with Gasteiger partial charge in [-0.15, -0.1) is 0 Å². The van der Waals surface area contributed by atoms with Crippen LogP contribution in [0, 0.1) is 0 Å². The molecule has 9 nitrogen and oxygen atoms in total. The minimum Gasteiger partial charge on any atom is -0.326 e. The standard InChI is InChI=1S/C27H32N6O3/c1-32-12-6-5-9-24(32)17-33-18-26(36-31-33)30-27(35)29-23-15-21(20-10-11-20)14-22(16-23)28-25(34)13-19-7-3-2-4-8-19/h2-4,7-8,14-16,18,20,24H,5-6,9-13,17H2,1H3,(H2-,28,29,30,31,34,35)/p+1. The summed E-state index contributed by atoms with van der Waals surface area (Å²) in [6.45, 7) is 1.81. The van der Waals surface area contributed by atoms with E-state index in [1.165, 1.54) is 12.8 Å². The predicted molar refractivity (Wildman–Crippen MR) is 137 cm³/mol. The monoisotopic (exact) mass is 489 g/mol. The van der Waals surface area contributed by atoms with Gasteiger partial charge in [0, 0.05) is 11.4 Å². The fourth-order valence-corrected chi connectivity index (χ4v) is 4.72. The number of nitrogens with one attached hydrogen (secondary N) is 3. The molecule has 1 saturated carbocycles. The van der Waals surface area contributed by atoms with Crippen LogP contribution in [-0.4, -0.2) is 41.7 Å². The van der Waals surface area contributed by atoms with Crippen LogP contribution in [0.3, 0.4) is 0 Å². The summed E-state index contributed by atoms with van der Waals surface area (Å²) in [5, 5.41) is 12.6. The lowest BCUT2D eigenvalue weighted by atomic mass is 10.0. The molecule has 3 amide bonds. The summed E-state index contributed by atoms with van der Waals surface area (Å²) in [7, 11) is 2.13. The van der Waals surface area contributed by atoms with Gasteiger partial charge in [0.05, 0.1) is 12.5 Å². The number of likely N-dealkylation sites (N-methyl/N-ethyl adjacent to an activating group) is 1. The van der Waals surface area contributed by atoms with Crippen LogP contribution in [0.2, 0.25) is 0 Å². The maximum Gasteiger partial charge on any atom is 0.326 e. The number of hydrogen-bond acceptors (Lipinski definition) is 5. The Labute approximate surface area is 210 Å². The van der Waals surface area contributed by atoms with Crippen molar-refractivity contribution in [3.05, 3.63) is 65.9 Å². The first-order chi connectivity index (χ1) is 17.5. The highest BCUT2D eigenvalue weighted by Crippen LogP contribution is 2.42. The minimum atomic E-state index is -0.428. The quantitative estimate of drug-likeness (QED) is 0.413. The molecule has 1 aliphatic carbocycles. The topological polar surface area (TPSA) is 103 Å². The van der Waals surface area contributed by atoms with E-state index in [0.29, 0.717) is 29.8 Å². The van der Waals surface area contributed by atoms with Crippen LogP contribution in [0.4, 0.5) is 22.1 Å². The molecule has 0 bridgehead atoms. The van der Waals surface area contributed by atoms with Gasteiger partial charge in [0.15, 0.2) is 6.54 Å². The summed E-state index contributed by atoms with van der Waals surface area (Å²) in [6.07, 6.45) is 7.79. The molecule has 188 valence electrons. The smallest absolute Gasteiger partial charge is 0.326 e. The average molecular weight is 490 g/mol. The number of amides is 3. The lowest BCUT2D eigenvalue weighted by Gasteiger charge is -2.29. The van der Waals surface area contributed by atoms with Crippen LogP contribution in [0.15, 0.2) is 59.3 Å². The summed E-state index contributed by atoms with van der Waals surface area (Å²) in [6, 6.07) is 15.3. The number of nitrogens with zero attached hydrogens (tertiary/aromatic N) is 3. The van der Waals surface area contributed by atoms with Crippen LogP contribution < -0.4 is 20.6 Å². The predicted octanol–water partition coefficient (Wildman–Crippen LogP) is 4.15. The van der Waals surface area contributed by atoms with Gasteiger partial charge < -0.3 is 10.6 Å². The number of carbonyl (C=O) groups is 2. The fourth-order valence-electron chi connectivity index (χ4n) is 4.72. The van der Waals surface area contributed by atoms with E-state index in [0.717, 1.165) is 43.5 Å². The summed E-state index contributed by atoms with van der Waals surface area (Å²) >= 11 is 0. The molecule has 36 heavy (non-hydrogen) atoms. The second kappa shape index (κ2) is 10.9. The van der Waals surface area contributed by atoms with Crippen molar-refractivity contribution in [1.29, 1.82) is 0 Å². The molecule has 2 fully saturated rings.